The molecule has 1 spiro atoms. The number of benzene rings is 3. The van der Waals surface area contributed by atoms with Crippen molar-refractivity contribution in [2.45, 2.75) is 24.8 Å². The molecule has 0 radical (unpaired) electrons. The Hall–Kier alpha value is -4.11. The maximum absolute atomic E-state index is 13.8. The van der Waals surface area contributed by atoms with Gasteiger partial charge in [-0.25, -0.2) is 4.90 Å². The zero-order valence-corrected chi connectivity index (χ0v) is 19.3. The first-order valence-electron chi connectivity index (χ1n) is 11.5. The Morgan fingerprint density at radius 1 is 0.784 bits per heavy atom. The van der Waals surface area contributed by atoms with Crippen LogP contribution in [0.1, 0.15) is 43.5 Å². The van der Waals surface area contributed by atoms with E-state index in [0.717, 1.165) is 34.7 Å². The van der Waals surface area contributed by atoms with Crippen molar-refractivity contribution in [1.29, 1.82) is 0 Å². The minimum Gasteiger partial charge on any atom is -0.349 e. The Kier molecular flexibility index (Phi) is 4.84. The predicted molar refractivity (Wildman–Crippen MR) is 124 cm³/mol. The summed E-state index contributed by atoms with van der Waals surface area (Å²) >= 11 is 0. The number of alkyl halides is 3. The maximum atomic E-state index is 13.8. The number of ketones is 2. The Bertz CT molecular complexity index is 1460. The number of Topliss-reactive ketones (excluding diaryl/α,β-unsaturated/α-hetero) is 2. The molecule has 0 saturated carbocycles. The van der Waals surface area contributed by atoms with Crippen molar-refractivity contribution >= 4 is 29.1 Å². The molecule has 0 unspecified atom stereocenters. The van der Waals surface area contributed by atoms with Crippen LogP contribution in [0.25, 0.3) is 0 Å². The van der Waals surface area contributed by atoms with E-state index in [4.69, 9.17) is 4.74 Å². The van der Waals surface area contributed by atoms with Crippen molar-refractivity contribution < 1.29 is 37.1 Å². The number of ether oxygens (including phenoxy) is 1. The number of amides is 2. The second-order valence-electron chi connectivity index (χ2n) is 9.45. The van der Waals surface area contributed by atoms with E-state index in [9.17, 15) is 32.3 Å². The molecule has 2 saturated heterocycles. The highest BCUT2D eigenvalue weighted by Crippen LogP contribution is 2.57. The van der Waals surface area contributed by atoms with Crippen molar-refractivity contribution in [2.24, 2.45) is 11.8 Å². The number of hydrogen-bond donors (Lipinski definition) is 0. The lowest BCUT2D eigenvalue weighted by molar-refractivity contribution is -0.137. The number of imide groups is 1. The monoisotopic (exact) mass is 505 g/mol. The van der Waals surface area contributed by atoms with Crippen LogP contribution in [0.15, 0.2) is 72.8 Å². The summed E-state index contributed by atoms with van der Waals surface area (Å²) in [6.07, 6.45) is -5.69. The highest BCUT2D eigenvalue weighted by atomic mass is 19.4. The first-order chi connectivity index (χ1) is 17.6. The molecule has 3 aromatic rings. The standard InChI is InChI=1S/C28H18F3NO5/c1-14-6-8-15(9-7-14)22-20-21(27(37-22)23(33)18-4-2-3-5-19(18)24(27)34)26(36)32(25(20)35)17-12-10-16(11-13-17)28(29,30)31/h2-13,20-22H,1H3/t20-,21+,22-/m0/s1. The molecule has 9 heteroatoms. The third-order valence-corrected chi connectivity index (χ3v) is 7.38. The van der Waals surface area contributed by atoms with E-state index in [1.807, 2.05) is 6.92 Å². The minimum absolute atomic E-state index is 0.0781. The highest BCUT2D eigenvalue weighted by Gasteiger charge is 2.74. The molecule has 6 nitrogen and oxygen atoms in total. The van der Waals surface area contributed by atoms with E-state index >= 15 is 0 Å². The van der Waals surface area contributed by atoms with Gasteiger partial charge < -0.3 is 4.74 Å². The Labute approximate surface area is 208 Å². The van der Waals surface area contributed by atoms with Crippen LogP contribution in [0.3, 0.4) is 0 Å². The molecule has 6 rings (SSSR count). The minimum atomic E-state index is -4.60. The molecule has 186 valence electrons. The lowest BCUT2D eigenvalue weighted by Gasteiger charge is -2.27. The summed E-state index contributed by atoms with van der Waals surface area (Å²) in [5.41, 5.74) is -1.63. The normalized spacial score (nSPS) is 24.2. The average molecular weight is 505 g/mol. The van der Waals surface area contributed by atoms with E-state index in [-0.39, 0.29) is 16.8 Å². The Balaban J connectivity index is 1.50. The van der Waals surface area contributed by atoms with Gasteiger partial charge in [-0.15, -0.1) is 0 Å². The van der Waals surface area contributed by atoms with Crippen LogP contribution in [0.2, 0.25) is 0 Å². The molecule has 3 atom stereocenters. The lowest BCUT2D eigenvalue weighted by atomic mass is 9.77. The highest BCUT2D eigenvalue weighted by molar-refractivity contribution is 6.37. The zero-order chi connectivity index (χ0) is 26.3. The van der Waals surface area contributed by atoms with E-state index in [0.29, 0.717) is 5.56 Å². The molecular formula is C28H18F3NO5. The van der Waals surface area contributed by atoms with Crippen molar-refractivity contribution in [2.75, 3.05) is 4.90 Å². The van der Waals surface area contributed by atoms with Crippen molar-refractivity contribution in [3.05, 3.63) is 101 Å². The van der Waals surface area contributed by atoms with Gasteiger partial charge in [0.05, 0.1) is 29.2 Å². The van der Waals surface area contributed by atoms with Crippen LogP contribution in [0.4, 0.5) is 18.9 Å². The molecule has 0 N–H and O–H groups in total. The summed E-state index contributed by atoms with van der Waals surface area (Å²) in [6, 6.07) is 16.7. The molecule has 1 aliphatic carbocycles. The van der Waals surface area contributed by atoms with Gasteiger partial charge in [0.15, 0.2) is 0 Å². The molecule has 2 heterocycles. The Morgan fingerprint density at radius 2 is 1.35 bits per heavy atom. The fraction of sp³-hybridized carbons (Fsp3) is 0.214. The fourth-order valence-corrected chi connectivity index (χ4v) is 5.63. The fourth-order valence-electron chi connectivity index (χ4n) is 5.63. The number of carbonyl (C=O) groups is 4. The molecule has 2 fully saturated rings. The molecule has 0 bridgehead atoms. The van der Waals surface area contributed by atoms with Crippen LogP contribution in [0, 0.1) is 18.8 Å². The SMILES string of the molecule is Cc1ccc([C@@H]2OC3(C(=O)c4ccccc4C3=O)[C@H]3C(=O)N(c4ccc(C(F)(F)F)cc4)C(=O)[C@H]23)cc1. The Morgan fingerprint density at radius 3 is 1.89 bits per heavy atom. The predicted octanol–water partition coefficient (Wildman–Crippen LogP) is 4.71. The molecule has 3 aromatic carbocycles. The van der Waals surface area contributed by atoms with Gasteiger partial charge in [-0.05, 0) is 36.8 Å². The van der Waals surface area contributed by atoms with Crippen LogP contribution in [-0.2, 0) is 20.5 Å². The molecular weight excluding hydrogens is 487 g/mol. The van der Waals surface area contributed by atoms with Gasteiger partial charge in [0.1, 0.15) is 0 Å². The van der Waals surface area contributed by atoms with Crippen LogP contribution < -0.4 is 4.90 Å². The number of fused-ring (bicyclic) bond motifs is 3. The molecule has 0 aromatic heterocycles. The van der Waals surface area contributed by atoms with E-state index in [1.165, 1.54) is 12.1 Å². The smallest absolute Gasteiger partial charge is 0.349 e. The number of nitrogens with zero attached hydrogens (tertiary/aromatic N) is 1. The van der Waals surface area contributed by atoms with Crippen LogP contribution in [0.5, 0.6) is 0 Å². The topological polar surface area (TPSA) is 80.8 Å². The first-order valence-corrected chi connectivity index (χ1v) is 11.5. The quantitative estimate of drug-likeness (QED) is 0.372. The van der Waals surface area contributed by atoms with E-state index < -0.39 is 58.7 Å². The summed E-state index contributed by atoms with van der Waals surface area (Å²) in [4.78, 5) is 55.7. The van der Waals surface area contributed by atoms with Crippen LogP contribution >= 0.6 is 0 Å². The summed E-state index contributed by atoms with van der Waals surface area (Å²) < 4.78 is 45.4. The third-order valence-electron chi connectivity index (χ3n) is 7.38. The summed E-state index contributed by atoms with van der Waals surface area (Å²) in [6.45, 7) is 1.86. The zero-order valence-electron chi connectivity index (χ0n) is 19.3. The van der Waals surface area contributed by atoms with E-state index in [1.54, 1.807) is 36.4 Å². The number of aryl methyl sites for hydroxylation is 1. The average Bonchev–Trinajstić information content (AvgIpc) is 3.44. The largest absolute Gasteiger partial charge is 0.416 e. The van der Waals surface area contributed by atoms with Gasteiger partial charge in [-0.1, -0.05) is 54.1 Å². The third kappa shape index (κ3) is 3.10. The van der Waals surface area contributed by atoms with Gasteiger partial charge in [0.25, 0.3) is 0 Å². The molecule has 3 aliphatic rings. The molecule has 2 aliphatic heterocycles. The van der Waals surface area contributed by atoms with Crippen molar-refractivity contribution in [1.82, 2.24) is 0 Å². The number of halogens is 3. The van der Waals surface area contributed by atoms with Crippen molar-refractivity contribution in [3.8, 4) is 0 Å². The molecule has 2 amide bonds. The van der Waals surface area contributed by atoms with Gasteiger partial charge in [-0.2, -0.15) is 13.2 Å². The number of hydrogen-bond acceptors (Lipinski definition) is 5. The van der Waals surface area contributed by atoms with Gasteiger partial charge >= 0.3 is 6.18 Å². The lowest BCUT2D eigenvalue weighted by Crippen LogP contribution is -2.51. The summed E-state index contributed by atoms with van der Waals surface area (Å²) in [5, 5.41) is 0. The maximum Gasteiger partial charge on any atom is 0.416 e. The summed E-state index contributed by atoms with van der Waals surface area (Å²) in [5.74, 6) is -5.70. The second kappa shape index (κ2) is 7.69. The number of anilines is 1. The summed E-state index contributed by atoms with van der Waals surface area (Å²) in [7, 11) is 0. The van der Waals surface area contributed by atoms with Gasteiger partial charge in [0.2, 0.25) is 29.0 Å². The first kappa shape index (κ1) is 23.3. The molecule has 37 heavy (non-hydrogen) atoms. The number of carbonyl (C=O) groups excluding carboxylic acids is 4. The van der Waals surface area contributed by atoms with Gasteiger partial charge in [-0.3, -0.25) is 19.2 Å². The van der Waals surface area contributed by atoms with Gasteiger partial charge in [0, 0.05) is 11.1 Å². The number of rotatable bonds is 2. The second-order valence-corrected chi connectivity index (χ2v) is 9.45. The van der Waals surface area contributed by atoms with Crippen LogP contribution in [-0.4, -0.2) is 29.0 Å². The van der Waals surface area contributed by atoms with Crippen molar-refractivity contribution in [3.63, 3.8) is 0 Å². The van der Waals surface area contributed by atoms with E-state index in [2.05, 4.69) is 0 Å².